The molecule has 51 heavy (non-hydrogen) atoms. The molecule has 0 saturated carbocycles. The first kappa shape index (κ1) is 41.5. The van der Waals surface area contributed by atoms with Crippen LogP contribution in [-0.2, 0) is 29.2 Å². The molecule has 4 aromatic carbocycles. The maximum absolute atomic E-state index is 14.3. The van der Waals surface area contributed by atoms with Gasteiger partial charge in [-0.05, 0) is 54.1 Å². The predicted molar refractivity (Wildman–Crippen MR) is 195 cm³/mol. The van der Waals surface area contributed by atoms with E-state index in [1.54, 1.807) is 14.1 Å². The van der Waals surface area contributed by atoms with E-state index in [1.807, 2.05) is 0 Å². The minimum atomic E-state index is -1.19. The van der Waals surface area contributed by atoms with E-state index < -0.39 is 36.0 Å². The number of ether oxygens (including phenoxy) is 2. The molecule has 1 amide bonds. The Morgan fingerprint density at radius 2 is 1.06 bits per heavy atom. The fourth-order valence-corrected chi connectivity index (χ4v) is 6.00. The van der Waals surface area contributed by atoms with E-state index >= 15 is 0 Å². The minimum Gasteiger partial charge on any atom is -0.486 e. The molecule has 0 heterocycles. The van der Waals surface area contributed by atoms with Crippen molar-refractivity contribution in [3.63, 3.8) is 0 Å². The van der Waals surface area contributed by atoms with Crippen molar-refractivity contribution in [2.24, 2.45) is 0 Å². The van der Waals surface area contributed by atoms with E-state index in [-0.39, 0.29) is 79.3 Å². The number of benzene rings is 4. The van der Waals surface area contributed by atoms with E-state index in [1.165, 1.54) is 48.5 Å². The standard InChI is InChI=1S/C17H14Cl3FN2O4.C16H13Cl3FNO3/c1-22-13-5-10(18)2-9(15(13)21)7-27-16-11(19)3-8(4-12(16)20)17(26)23-6-14(24)25;1-21-13-6-10(17)5-9(15(13)20)7-24-16-11(18)2-8(3-12(16)19)4-14(22)23/h2-5,22H,6-7H2,1H3,(H,23,26)(H,24,25);2-3,5-6,21H,4,7H2,1H3,(H,22,23). The summed E-state index contributed by atoms with van der Waals surface area (Å²) in [6.45, 7) is -0.891. The Bertz CT molecular complexity index is 1910. The van der Waals surface area contributed by atoms with Gasteiger partial charge in [-0.15, -0.1) is 0 Å². The molecule has 272 valence electrons. The molecule has 0 aliphatic rings. The van der Waals surface area contributed by atoms with Crippen molar-refractivity contribution in [3.8, 4) is 11.5 Å². The zero-order valence-corrected chi connectivity index (χ0v) is 30.9. The zero-order valence-electron chi connectivity index (χ0n) is 26.4. The normalized spacial score (nSPS) is 10.5. The third kappa shape index (κ3) is 11.8. The molecule has 0 fully saturated rings. The first-order valence-electron chi connectivity index (χ1n) is 14.3. The summed E-state index contributed by atoms with van der Waals surface area (Å²) in [4.78, 5) is 33.1. The number of halogens is 8. The van der Waals surface area contributed by atoms with Crippen molar-refractivity contribution in [1.82, 2.24) is 5.32 Å². The smallest absolute Gasteiger partial charge is 0.322 e. The summed E-state index contributed by atoms with van der Waals surface area (Å²) in [5.41, 5.74) is 1.37. The maximum atomic E-state index is 14.3. The number of rotatable bonds is 13. The van der Waals surface area contributed by atoms with Gasteiger partial charge in [0.15, 0.2) is 23.1 Å². The van der Waals surface area contributed by atoms with Gasteiger partial charge in [0.2, 0.25) is 0 Å². The minimum absolute atomic E-state index is 0.0132. The van der Waals surface area contributed by atoms with Crippen molar-refractivity contribution in [1.29, 1.82) is 0 Å². The predicted octanol–water partition coefficient (Wildman–Crippen LogP) is 9.25. The number of nitrogens with one attached hydrogen (secondary N) is 3. The van der Waals surface area contributed by atoms with Crippen LogP contribution in [0.2, 0.25) is 30.1 Å². The van der Waals surface area contributed by atoms with Gasteiger partial charge in [-0.1, -0.05) is 69.6 Å². The number of carboxylic acid groups (broad SMARTS) is 2. The third-order valence-electron chi connectivity index (χ3n) is 6.58. The Morgan fingerprint density at radius 3 is 1.43 bits per heavy atom. The van der Waals surface area contributed by atoms with Gasteiger partial charge in [-0.2, -0.15) is 0 Å². The van der Waals surface area contributed by atoms with Gasteiger partial charge >= 0.3 is 11.9 Å². The van der Waals surface area contributed by atoms with Crippen LogP contribution in [0.5, 0.6) is 11.5 Å². The molecule has 0 unspecified atom stereocenters. The molecule has 10 nitrogen and oxygen atoms in total. The molecule has 4 rings (SSSR count). The lowest BCUT2D eigenvalue weighted by atomic mass is 10.1. The number of anilines is 2. The highest BCUT2D eigenvalue weighted by molar-refractivity contribution is 6.38. The molecule has 4 aromatic rings. The van der Waals surface area contributed by atoms with Crippen molar-refractivity contribution in [2.45, 2.75) is 19.6 Å². The summed E-state index contributed by atoms with van der Waals surface area (Å²) in [5, 5.41) is 26.0. The Hall–Kier alpha value is -3.91. The summed E-state index contributed by atoms with van der Waals surface area (Å²) in [6.07, 6.45) is -0.214. The van der Waals surface area contributed by atoms with Gasteiger partial charge in [0.25, 0.3) is 5.91 Å². The van der Waals surface area contributed by atoms with Crippen LogP contribution >= 0.6 is 69.6 Å². The molecule has 18 heteroatoms. The monoisotopic (exact) mass is 825 g/mol. The molecule has 0 aliphatic heterocycles. The zero-order chi connectivity index (χ0) is 38.0. The average molecular weight is 828 g/mol. The van der Waals surface area contributed by atoms with Crippen LogP contribution in [0.15, 0.2) is 48.5 Å². The number of hydrogen-bond donors (Lipinski definition) is 5. The fraction of sp³-hybridized carbons (Fsp3) is 0.182. The Kier molecular flexibility index (Phi) is 15.5. The number of aliphatic carboxylic acids is 2. The lowest BCUT2D eigenvalue weighted by molar-refractivity contribution is -0.137. The molecular formula is C33H27Cl6F2N3O7. The topological polar surface area (TPSA) is 146 Å². The lowest BCUT2D eigenvalue weighted by Gasteiger charge is -2.14. The molecule has 5 N–H and O–H groups in total. The van der Waals surface area contributed by atoms with Crippen molar-refractivity contribution < 1.29 is 42.9 Å². The average Bonchev–Trinajstić information content (AvgIpc) is 3.05. The van der Waals surface area contributed by atoms with Gasteiger partial charge in [0.05, 0.1) is 37.9 Å². The fourth-order valence-electron chi connectivity index (χ4n) is 4.28. The Labute approximate surface area is 320 Å². The van der Waals surface area contributed by atoms with Crippen LogP contribution < -0.4 is 25.4 Å². The van der Waals surface area contributed by atoms with Crippen LogP contribution in [0, 0.1) is 11.6 Å². The molecule has 0 bridgehead atoms. The van der Waals surface area contributed by atoms with E-state index in [4.69, 9.17) is 89.3 Å². The van der Waals surface area contributed by atoms with Gasteiger partial charge < -0.3 is 35.6 Å². The van der Waals surface area contributed by atoms with Crippen LogP contribution in [0.25, 0.3) is 0 Å². The van der Waals surface area contributed by atoms with Crippen LogP contribution in [0.4, 0.5) is 20.2 Å². The molecule has 0 spiro atoms. The van der Waals surface area contributed by atoms with Gasteiger partial charge in [-0.25, -0.2) is 8.78 Å². The number of carbonyl (C=O) groups excluding carboxylic acids is 1. The Balaban J connectivity index is 0.000000277. The van der Waals surface area contributed by atoms with Gasteiger partial charge in [0, 0.05) is 40.8 Å². The molecule has 0 aliphatic carbocycles. The largest absolute Gasteiger partial charge is 0.486 e. The van der Waals surface area contributed by atoms with E-state index in [9.17, 15) is 23.2 Å². The SMILES string of the molecule is CNc1cc(Cl)cc(COc2c(Cl)cc(C(=O)NCC(=O)O)cc2Cl)c1F.CNc1cc(Cl)cc(COc2c(Cl)cc(CC(=O)O)cc2Cl)c1F. The summed E-state index contributed by atoms with van der Waals surface area (Å²) in [5.74, 6) is -3.67. The van der Waals surface area contributed by atoms with Crippen LogP contribution in [0.3, 0.4) is 0 Å². The van der Waals surface area contributed by atoms with Gasteiger partial charge in [0.1, 0.15) is 19.8 Å². The first-order chi connectivity index (χ1) is 24.0. The number of amides is 1. The molecule has 0 saturated heterocycles. The second-order valence-corrected chi connectivity index (χ2v) is 12.7. The van der Waals surface area contributed by atoms with Crippen molar-refractivity contribution >= 4 is 98.8 Å². The van der Waals surface area contributed by atoms with E-state index in [0.717, 1.165) is 0 Å². The first-order valence-corrected chi connectivity index (χ1v) is 16.6. The number of carbonyl (C=O) groups is 3. The molecular weight excluding hydrogens is 801 g/mol. The summed E-state index contributed by atoms with van der Waals surface area (Å²) in [6, 6.07) is 11.2. The quantitative estimate of drug-likeness (QED) is 0.0891. The maximum Gasteiger partial charge on any atom is 0.322 e. The molecule has 0 radical (unpaired) electrons. The van der Waals surface area contributed by atoms with Gasteiger partial charge in [-0.3, -0.25) is 14.4 Å². The molecule has 0 atom stereocenters. The summed E-state index contributed by atoms with van der Waals surface area (Å²) < 4.78 is 39.6. The number of hydrogen-bond acceptors (Lipinski definition) is 7. The lowest BCUT2D eigenvalue weighted by Crippen LogP contribution is -2.29. The Morgan fingerprint density at radius 1 is 0.647 bits per heavy atom. The van der Waals surface area contributed by atoms with E-state index in [0.29, 0.717) is 15.6 Å². The van der Waals surface area contributed by atoms with Crippen molar-refractivity contribution in [2.75, 3.05) is 31.3 Å². The van der Waals surface area contributed by atoms with Crippen LogP contribution in [-0.4, -0.2) is 48.7 Å². The highest BCUT2D eigenvalue weighted by atomic mass is 35.5. The highest BCUT2D eigenvalue weighted by Crippen LogP contribution is 2.37. The highest BCUT2D eigenvalue weighted by Gasteiger charge is 2.18. The molecule has 0 aromatic heterocycles. The second-order valence-electron chi connectivity index (χ2n) is 10.2. The third-order valence-corrected chi connectivity index (χ3v) is 8.14. The summed E-state index contributed by atoms with van der Waals surface area (Å²) >= 11 is 36.3. The van der Waals surface area contributed by atoms with Crippen LogP contribution in [0.1, 0.15) is 27.0 Å². The van der Waals surface area contributed by atoms with E-state index in [2.05, 4.69) is 16.0 Å². The van der Waals surface area contributed by atoms with Crippen molar-refractivity contribution in [3.05, 3.63) is 113 Å². The second kappa shape index (κ2) is 19.1. The summed E-state index contributed by atoms with van der Waals surface area (Å²) in [7, 11) is 3.13. The number of carboxylic acids is 2.